The molecule has 0 bridgehead atoms. The molecule has 2 rings (SSSR count). The Labute approximate surface area is 105 Å². The highest BCUT2D eigenvalue weighted by Gasteiger charge is 2.35. The number of nitrogens with zero attached hydrogens (tertiary/aromatic N) is 1. The van der Waals surface area contributed by atoms with Crippen molar-refractivity contribution in [3.8, 4) is 0 Å². The van der Waals surface area contributed by atoms with Crippen molar-refractivity contribution in [3.63, 3.8) is 0 Å². The van der Waals surface area contributed by atoms with E-state index < -0.39 is 17.3 Å². The van der Waals surface area contributed by atoms with Crippen molar-refractivity contribution >= 4 is 0 Å². The predicted molar refractivity (Wildman–Crippen MR) is 64.0 cm³/mol. The van der Waals surface area contributed by atoms with Crippen LogP contribution in [0.2, 0.25) is 0 Å². The van der Waals surface area contributed by atoms with Crippen LogP contribution < -0.4 is 5.73 Å². The fraction of sp³-hybridized carbons (Fsp3) is 0.538. The molecule has 1 saturated heterocycles. The summed E-state index contributed by atoms with van der Waals surface area (Å²) in [7, 11) is 1.99. The maximum atomic E-state index is 12.7. The molecule has 0 aromatic heterocycles. The minimum atomic E-state index is -4.31. The molecule has 1 fully saturated rings. The molecule has 0 saturated carbocycles. The van der Waals surface area contributed by atoms with Crippen molar-refractivity contribution in [3.05, 3.63) is 35.4 Å². The Morgan fingerprint density at radius 2 is 1.83 bits per heavy atom. The van der Waals surface area contributed by atoms with E-state index in [1.165, 1.54) is 12.1 Å². The molecule has 0 radical (unpaired) electrons. The van der Waals surface area contributed by atoms with Gasteiger partial charge in [0, 0.05) is 5.54 Å². The molecule has 5 heteroatoms. The minimum Gasteiger partial charge on any atom is -0.321 e. The lowest BCUT2D eigenvalue weighted by Gasteiger charge is -2.38. The van der Waals surface area contributed by atoms with Crippen LogP contribution in [0.25, 0.3) is 0 Å². The average Bonchev–Trinajstić information content (AvgIpc) is 2.32. The van der Waals surface area contributed by atoms with Crippen LogP contribution in [0.4, 0.5) is 13.2 Å². The van der Waals surface area contributed by atoms with Gasteiger partial charge in [-0.25, -0.2) is 0 Å². The normalized spacial score (nSPS) is 20.9. The number of rotatable bonds is 1. The standard InChI is InChI=1S/C13H17F3N2/c1-18-7-5-12(17,6-8-18)10-3-2-4-11(9-10)13(14,15)16/h2-4,9H,5-8,17H2,1H3. The van der Waals surface area contributed by atoms with E-state index >= 15 is 0 Å². The van der Waals surface area contributed by atoms with Crippen molar-refractivity contribution in [1.29, 1.82) is 0 Å². The van der Waals surface area contributed by atoms with Gasteiger partial charge in [0.25, 0.3) is 0 Å². The third kappa shape index (κ3) is 2.67. The Morgan fingerprint density at radius 1 is 1.22 bits per heavy atom. The molecule has 0 aliphatic carbocycles. The molecular formula is C13H17F3N2. The lowest BCUT2D eigenvalue weighted by Crippen LogP contribution is -2.47. The van der Waals surface area contributed by atoms with E-state index in [1.54, 1.807) is 6.07 Å². The molecule has 1 aromatic rings. The van der Waals surface area contributed by atoms with Crippen LogP contribution >= 0.6 is 0 Å². The smallest absolute Gasteiger partial charge is 0.321 e. The van der Waals surface area contributed by atoms with E-state index in [4.69, 9.17) is 5.73 Å². The SMILES string of the molecule is CN1CCC(N)(c2cccc(C(F)(F)F)c2)CC1. The van der Waals surface area contributed by atoms with Crippen LogP contribution in [-0.4, -0.2) is 25.0 Å². The molecule has 0 spiro atoms. The van der Waals surface area contributed by atoms with Crippen molar-refractivity contribution in [2.45, 2.75) is 24.6 Å². The molecule has 0 atom stereocenters. The second-order valence-electron chi connectivity index (χ2n) is 5.04. The van der Waals surface area contributed by atoms with Crippen LogP contribution in [0, 0.1) is 0 Å². The molecule has 1 aromatic carbocycles. The van der Waals surface area contributed by atoms with Crippen molar-refractivity contribution in [2.75, 3.05) is 20.1 Å². The van der Waals surface area contributed by atoms with E-state index in [0.717, 1.165) is 19.2 Å². The van der Waals surface area contributed by atoms with Crippen LogP contribution in [0.15, 0.2) is 24.3 Å². The van der Waals surface area contributed by atoms with E-state index in [0.29, 0.717) is 18.4 Å². The number of nitrogens with two attached hydrogens (primary N) is 1. The second-order valence-corrected chi connectivity index (χ2v) is 5.04. The highest BCUT2D eigenvalue weighted by molar-refractivity contribution is 5.31. The molecule has 2 N–H and O–H groups in total. The minimum absolute atomic E-state index is 0.588. The number of halogens is 3. The Balaban J connectivity index is 2.28. The summed E-state index contributed by atoms with van der Waals surface area (Å²) in [6.07, 6.45) is -2.94. The molecule has 18 heavy (non-hydrogen) atoms. The first-order valence-electron chi connectivity index (χ1n) is 5.96. The predicted octanol–water partition coefficient (Wildman–Crippen LogP) is 2.59. The molecule has 1 aliphatic rings. The Hall–Kier alpha value is -1.07. The largest absolute Gasteiger partial charge is 0.416 e. The molecular weight excluding hydrogens is 241 g/mol. The first-order valence-corrected chi connectivity index (χ1v) is 5.96. The van der Waals surface area contributed by atoms with Gasteiger partial charge in [-0.2, -0.15) is 13.2 Å². The maximum absolute atomic E-state index is 12.7. The van der Waals surface area contributed by atoms with Crippen molar-refractivity contribution in [1.82, 2.24) is 4.90 Å². The number of hydrogen-bond donors (Lipinski definition) is 1. The van der Waals surface area contributed by atoms with Gasteiger partial charge in [-0.05, 0) is 50.7 Å². The zero-order chi connectivity index (χ0) is 13.4. The monoisotopic (exact) mass is 258 g/mol. The zero-order valence-corrected chi connectivity index (χ0v) is 10.3. The van der Waals surface area contributed by atoms with Crippen LogP contribution in [-0.2, 0) is 11.7 Å². The van der Waals surface area contributed by atoms with E-state index in [-0.39, 0.29) is 0 Å². The van der Waals surface area contributed by atoms with E-state index in [9.17, 15) is 13.2 Å². The Bertz CT molecular complexity index is 420. The first kappa shape index (κ1) is 13.4. The number of hydrogen-bond acceptors (Lipinski definition) is 2. The Morgan fingerprint density at radius 3 is 2.39 bits per heavy atom. The van der Waals surface area contributed by atoms with Crippen LogP contribution in [0.5, 0.6) is 0 Å². The number of benzene rings is 1. The summed E-state index contributed by atoms with van der Waals surface area (Å²) in [6.45, 7) is 1.62. The lowest BCUT2D eigenvalue weighted by atomic mass is 9.81. The summed E-state index contributed by atoms with van der Waals surface area (Å²) in [5.74, 6) is 0. The van der Waals surface area contributed by atoms with Crippen LogP contribution in [0.3, 0.4) is 0 Å². The van der Waals surface area contributed by atoms with Gasteiger partial charge in [-0.1, -0.05) is 12.1 Å². The van der Waals surface area contributed by atoms with Gasteiger partial charge in [-0.3, -0.25) is 0 Å². The van der Waals surface area contributed by atoms with Gasteiger partial charge in [0.05, 0.1) is 5.56 Å². The lowest BCUT2D eigenvalue weighted by molar-refractivity contribution is -0.137. The molecule has 1 aliphatic heterocycles. The zero-order valence-electron chi connectivity index (χ0n) is 10.3. The third-order valence-electron chi connectivity index (χ3n) is 3.64. The number of likely N-dealkylation sites (tertiary alicyclic amines) is 1. The molecule has 0 unspecified atom stereocenters. The topological polar surface area (TPSA) is 29.3 Å². The highest BCUT2D eigenvalue weighted by atomic mass is 19.4. The van der Waals surface area contributed by atoms with Gasteiger partial charge < -0.3 is 10.6 Å². The highest BCUT2D eigenvalue weighted by Crippen LogP contribution is 2.34. The first-order chi connectivity index (χ1) is 8.31. The second kappa shape index (κ2) is 4.55. The van der Waals surface area contributed by atoms with Gasteiger partial charge in [0.15, 0.2) is 0 Å². The summed E-state index contributed by atoms with van der Waals surface area (Å²) >= 11 is 0. The van der Waals surface area contributed by atoms with Crippen LogP contribution in [0.1, 0.15) is 24.0 Å². The summed E-state index contributed by atoms with van der Waals surface area (Å²) in [5.41, 5.74) is 5.60. The molecule has 2 nitrogen and oxygen atoms in total. The summed E-state index contributed by atoms with van der Waals surface area (Å²) in [5, 5.41) is 0. The number of alkyl halides is 3. The number of piperidine rings is 1. The fourth-order valence-corrected chi connectivity index (χ4v) is 2.31. The Kier molecular flexibility index (Phi) is 3.38. The third-order valence-corrected chi connectivity index (χ3v) is 3.64. The van der Waals surface area contributed by atoms with Gasteiger partial charge in [0.2, 0.25) is 0 Å². The molecule has 100 valence electrons. The van der Waals surface area contributed by atoms with Gasteiger partial charge in [-0.15, -0.1) is 0 Å². The van der Waals surface area contributed by atoms with Crippen molar-refractivity contribution in [2.24, 2.45) is 5.73 Å². The molecule has 0 amide bonds. The van der Waals surface area contributed by atoms with E-state index in [1.807, 2.05) is 7.05 Å². The fourth-order valence-electron chi connectivity index (χ4n) is 2.31. The van der Waals surface area contributed by atoms with Crippen molar-refractivity contribution < 1.29 is 13.2 Å². The molecule has 1 heterocycles. The van der Waals surface area contributed by atoms with E-state index in [2.05, 4.69) is 4.90 Å². The van der Waals surface area contributed by atoms with Gasteiger partial charge in [0.1, 0.15) is 0 Å². The summed E-state index contributed by atoms with van der Waals surface area (Å²) in [6, 6.07) is 5.40. The average molecular weight is 258 g/mol. The summed E-state index contributed by atoms with van der Waals surface area (Å²) in [4.78, 5) is 2.14. The summed E-state index contributed by atoms with van der Waals surface area (Å²) < 4.78 is 38.0. The van der Waals surface area contributed by atoms with Gasteiger partial charge >= 0.3 is 6.18 Å². The quantitative estimate of drug-likeness (QED) is 0.839. The maximum Gasteiger partial charge on any atom is 0.416 e.